The van der Waals surface area contributed by atoms with Gasteiger partial charge in [0, 0.05) is 39.2 Å². The number of carbonyl (C=O) groups is 3. The second kappa shape index (κ2) is 10.5. The highest BCUT2D eigenvalue weighted by atomic mass is 35.5. The number of halogens is 2. The fourth-order valence-electron chi connectivity index (χ4n) is 2.70. The molecule has 9 heteroatoms. The van der Waals surface area contributed by atoms with Crippen LogP contribution in [-0.4, -0.2) is 72.9 Å². The van der Waals surface area contributed by atoms with Crippen molar-refractivity contribution in [2.75, 3.05) is 40.3 Å². The first-order chi connectivity index (χ1) is 13.3. The molecule has 152 valence electrons. The highest BCUT2D eigenvalue weighted by Crippen LogP contribution is 2.23. The lowest BCUT2D eigenvalue weighted by Crippen LogP contribution is -2.52. The molecule has 7 nitrogen and oxygen atoms in total. The van der Waals surface area contributed by atoms with Crippen LogP contribution in [0.2, 0.25) is 10.0 Å². The van der Waals surface area contributed by atoms with E-state index in [1.807, 2.05) is 0 Å². The Bertz CT molecular complexity index is 770. The monoisotopic (exact) mass is 427 g/mol. The van der Waals surface area contributed by atoms with E-state index in [-0.39, 0.29) is 24.3 Å². The van der Waals surface area contributed by atoms with Crippen LogP contribution in [0.25, 0.3) is 6.08 Å². The van der Waals surface area contributed by atoms with Gasteiger partial charge in [-0.25, -0.2) is 5.06 Å². The number of nitrogens with zero attached hydrogens (tertiary/aromatic N) is 3. The summed E-state index contributed by atoms with van der Waals surface area (Å²) in [7, 11) is 2.97. The number of hydroxylamine groups is 2. The van der Waals surface area contributed by atoms with E-state index < -0.39 is 0 Å². The minimum atomic E-state index is -0.240. The van der Waals surface area contributed by atoms with E-state index in [0.717, 1.165) is 5.56 Å². The van der Waals surface area contributed by atoms with Gasteiger partial charge in [0.15, 0.2) is 0 Å². The molecule has 0 unspecified atom stereocenters. The summed E-state index contributed by atoms with van der Waals surface area (Å²) in [5.74, 6) is -0.512. The molecular formula is C19H23Cl2N3O4. The van der Waals surface area contributed by atoms with Crippen molar-refractivity contribution in [3.63, 3.8) is 0 Å². The van der Waals surface area contributed by atoms with Crippen molar-refractivity contribution < 1.29 is 19.2 Å². The summed E-state index contributed by atoms with van der Waals surface area (Å²) >= 11 is 11.8. The minimum Gasteiger partial charge on any atom is -0.339 e. The van der Waals surface area contributed by atoms with E-state index in [4.69, 9.17) is 28.0 Å². The number of hydrogen-bond donors (Lipinski definition) is 0. The van der Waals surface area contributed by atoms with Gasteiger partial charge in [-0.1, -0.05) is 29.3 Å². The molecule has 1 aliphatic heterocycles. The summed E-state index contributed by atoms with van der Waals surface area (Å²) in [5, 5.41) is 2.02. The standard InChI is InChI=1S/C19H23Cl2N3O4/c1-22(28-2)17(25)4-3-9-23-10-11-24(13-19(23)27)18(26)8-6-14-5-7-15(20)16(21)12-14/h5-8,12H,3-4,9-11,13H2,1-2H3. The maximum Gasteiger partial charge on any atom is 0.247 e. The largest absolute Gasteiger partial charge is 0.339 e. The van der Waals surface area contributed by atoms with Crippen LogP contribution >= 0.6 is 23.2 Å². The van der Waals surface area contributed by atoms with Gasteiger partial charge < -0.3 is 9.80 Å². The third-order valence-corrected chi connectivity index (χ3v) is 5.18. The summed E-state index contributed by atoms with van der Waals surface area (Å²) in [6.45, 7) is 1.39. The molecule has 1 aromatic carbocycles. The molecule has 0 bridgehead atoms. The van der Waals surface area contributed by atoms with Crippen molar-refractivity contribution in [3.8, 4) is 0 Å². The maximum absolute atomic E-state index is 12.3. The minimum absolute atomic E-state index is 0.0243. The molecule has 0 spiro atoms. The third kappa shape index (κ3) is 6.22. The summed E-state index contributed by atoms with van der Waals surface area (Å²) < 4.78 is 0. The van der Waals surface area contributed by atoms with Gasteiger partial charge in [-0.2, -0.15) is 0 Å². The molecule has 1 saturated heterocycles. The van der Waals surface area contributed by atoms with E-state index in [1.54, 1.807) is 36.2 Å². The van der Waals surface area contributed by atoms with Crippen molar-refractivity contribution in [1.82, 2.24) is 14.9 Å². The van der Waals surface area contributed by atoms with Gasteiger partial charge in [0.25, 0.3) is 0 Å². The first-order valence-electron chi connectivity index (χ1n) is 8.82. The van der Waals surface area contributed by atoms with Gasteiger partial charge in [0.1, 0.15) is 6.54 Å². The van der Waals surface area contributed by atoms with E-state index in [1.165, 1.54) is 23.1 Å². The fraction of sp³-hybridized carbons (Fsp3) is 0.421. The molecule has 1 heterocycles. The van der Waals surface area contributed by atoms with Crippen molar-refractivity contribution in [3.05, 3.63) is 39.9 Å². The quantitative estimate of drug-likeness (QED) is 0.494. The van der Waals surface area contributed by atoms with E-state index in [2.05, 4.69) is 0 Å². The molecule has 1 aliphatic rings. The average molecular weight is 428 g/mol. The molecule has 1 aromatic rings. The zero-order valence-electron chi connectivity index (χ0n) is 15.9. The molecule has 28 heavy (non-hydrogen) atoms. The molecular weight excluding hydrogens is 405 g/mol. The molecule has 0 N–H and O–H groups in total. The Labute approximate surface area is 174 Å². The van der Waals surface area contributed by atoms with Gasteiger partial charge in [0.2, 0.25) is 17.7 Å². The molecule has 0 aliphatic carbocycles. The Balaban J connectivity index is 1.81. The fourth-order valence-corrected chi connectivity index (χ4v) is 3.01. The third-order valence-electron chi connectivity index (χ3n) is 4.44. The molecule has 1 fully saturated rings. The molecule has 0 radical (unpaired) electrons. The van der Waals surface area contributed by atoms with Crippen LogP contribution in [0.3, 0.4) is 0 Å². The Hall–Kier alpha value is -2.09. The summed E-state index contributed by atoms with van der Waals surface area (Å²) in [6, 6.07) is 5.08. The lowest BCUT2D eigenvalue weighted by atomic mass is 10.2. The van der Waals surface area contributed by atoms with E-state index in [0.29, 0.717) is 42.5 Å². The van der Waals surface area contributed by atoms with Crippen LogP contribution in [-0.2, 0) is 19.2 Å². The number of benzene rings is 1. The Morgan fingerprint density at radius 1 is 1.25 bits per heavy atom. The van der Waals surface area contributed by atoms with Gasteiger partial charge in [0.05, 0.1) is 17.2 Å². The lowest BCUT2D eigenvalue weighted by Gasteiger charge is -2.33. The van der Waals surface area contributed by atoms with Crippen LogP contribution in [0.15, 0.2) is 24.3 Å². The van der Waals surface area contributed by atoms with Crippen LogP contribution in [0.4, 0.5) is 0 Å². The zero-order valence-corrected chi connectivity index (χ0v) is 17.4. The highest BCUT2D eigenvalue weighted by molar-refractivity contribution is 6.42. The number of hydrogen-bond acceptors (Lipinski definition) is 4. The molecule has 2 rings (SSSR count). The van der Waals surface area contributed by atoms with Crippen LogP contribution in [0, 0.1) is 0 Å². The number of amides is 3. The number of piperazine rings is 1. The second-order valence-corrected chi connectivity index (χ2v) is 7.14. The summed E-state index contributed by atoms with van der Waals surface area (Å²) in [4.78, 5) is 44.3. The van der Waals surface area contributed by atoms with E-state index >= 15 is 0 Å². The molecule has 0 atom stereocenters. The predicted octanol–water partition coefficient (Wildman–Crippen LogP) is 2.48. The van der Waals surface area contributed by atoms with E-state index in [9.17, 15) is 14.4 Å². The smallest absolute Gasteiger partial charge is 0.247 e. The Morgan fingerprint density at radius 3 is 2.64 bits per heavy atom. The SMILES string of the molecule is CON(C)C(=O)CCCN1CCN(C(=O)C=Cc2ccc(Cl)c(Cl)c2)CC1=O. The molecule has 3 amide bonds. The van der Waals surface area contributed by atoms with Gasteiger partial charge in [-0.3, -0.25) is 19.2 Å². The Morgan fingerprint density at radius 2 is 2.00 bits per heavy atom. The van der Waals surface area contributed by atoms with Gasteiger partial charge in [-0.05, 0) is 30.2 Å². The van der Waals surface area contributed by atoms with Crippen LogP contribution in [0.1, 0.15) is 18.4 Å². The van der Waals surface area contributed by atoms with Crippen molar-refractivity contribution in [2.45, 2.75) is 12.8 Å². The first kappa shape index (κ1) is 22.2. The van der Waals surface area contributed by atoms with Crippen molar-refractivity contribution in [2.24, 2.45) is 0 Å². The molecule has 0 aromatic heterocycles. The topological polar surface area (TPSA) is 70.2 Å². The number of carbonyl (C=O) groups excluding carboxylic acids is 3. The Kier molecular flexibility index (Phi) is 8.29. The lowest BCUT2D eigenvalue weighted by molar-refractivity contribution is -0.168. The van der Waals surface area contributed by atoms with Crippen molar-refractivity contribution >= 4 is 47.0 Å². The van der Waals surface area contributed by atoms with Crippen LogP contribution < -0.4 is 0 Å². The zero-order chi connectivity index (χ0) is 20.7. The molecule has 0 saturated carbocycles. The maximum atomic E-state index is 12.3. The highest BCUT2D eigenvalue weighted by Gasteiger charge is 2.25. The second-order valence-electron chi connectivity index (χ2n) is 6.32. The van der Waals surface area contributed by atoms with Gasteiger partial charge >= 0.3 is 0 Å². The van der Waals surface area contributed by atoms with Gasteiger partial charge in [-0.15, -0.1) is 0 Å². The average Bonchev–Trinajstić information content (AvgIpc) is 2.68. The number of rotatable bonds is 7. The summed E-state index contributed by atoms with van der Waals surface area (Å²) in [6.07, 6.45) is 3.90. The first-order valence-corrected chi connectivity index (χ1v) is 9.58. The normalized spacial score (nSPS) is 14.6. The van der Waals surface area contributed by atoms with Crippen LogP contribution in [0.5, 0.6) is 0 Å². The summed E-state index contributed by atoms with van der Waals surface area (Å²) in [5.41, 5.74) is 0.749. The van der Waals surface area contributed by atoms with Crippen molar-refractivity contribution in [1.29, 1.82) is 0 Å². The predicted molar refractivity (Wildman–Crippen MR) is 108 cm³/mol.